The maximum Gasteiger partial charge on any atom is 0.227 e. The molecule has 2 aromatic rings. The van der Waals surface area contributed by atoms with Gasteiger partial charge in [0.1, 0.15) is 23.4 Å². The smallest absolute Gasteiger partial charge is 0.227 e. The zero-order valence-electron chi connectivity index (χ0n) is 13.4. The number of aromatic nitrogens is 2. The average molecular weight is 330 g/mol. The number of benzene rings is 1. The van der Waals surface area contributed by atoms with Crippen molar-refractivity contribution in [2.75, 3.05) is 32.1 Å². The molecule has 0 bridgehead atoms. The molecule has 6 nitrogen and oxygen atoms in total. The molecule has 24 heavy (non-hydrogen) atoms. The lowest BCUT2D eigenvalue weighted by molar-refractivity contribution is -0.138. The van der Waals surface area contributed by atoms with Gasteiger partial charge in [0.2, 0.25) is 5.91 Å². The van der Waals surface area contributed by atoms with E-state index in [9.17, 15) is 9.18 Å². The Morgan fingerprint density at radius 2 is 2.17 bits per heavy atom. The van der Waals surface area contributed by atoms with E-state index in [1.807, 2.05) is 0 Å². The molecule has 1 unspecified atom stereocenters. The Balaban J connectivity index is 1.71. The lowest BCUT2D eigenvalue weighted by Crippen LogP contribution is -2.43. The molecule has 1 aliphatic rings. The standard InChI is InChI=1S/C17H19FN4O2/c1-19-17-16(20-6-7-21-17)14-11-22(8-9-24-14)15(23)10-12-4-2-3-5-13(12)18/h2-7,14H,8-11H2,1H3,(H,19,21). The number of amides is 1. The highest BCUT2D eigenvalue weighted by Gasteiger charge is 2.28. The molecule has 1 aromatic carbocycles. The number of morpholine rings is 1. The number of hydrogen-bond donors (Lipinski definition) is 1. The number of carbonyl (C=O) groups excluding carboxylic acids is 1. The molecule has 1 saturated heterocycles. The Bertz CT molecular complexity index is 725. The summed E-state index contributed by atoms with van der Waals surface area (Å²) in [6, 6.07) is 6.34. The number of rotatable bonds is 4. The largest absolute Gasteiger partial charge is 0.372 e. The van der Waals surface area contributed by atoms with E-state index in [0.29, 0.717) is 36.8 Å². The molecule has 0 radical (unpaired) electrons. The van der Waals surface area contributed by atoms with E-state index in [-0.39, 0.29) is 24.2 Å². The van der Waals surface area contributed by atoms with Crippen LogP contribution < -0.4 is 5.32 Å². The van der Waals surface area contributed by atoms with Crippen molar-refractivity contribution in [2.24, 2.45) is 0 Å². The van der Waals surface area contributed by atoms with Crippen molar-refractivity contribution in [2.45, 2.75) is 12.5 Å². The van der Waals surface area contributed by atoms with Gasteiger partial charge in [0.05, 0.1) is 19.6 Å². The third-order valence-corrected chi connectivity index (χ3v) is 3.99. The monoisotopic (exact) mass is 330 g/mol. The molecule has 1 amide bonds. The Hall–Kier alpha value is -2.54. The Labute approximate surface area is 139 Å². The number of anilines is 1. The van der Waals surface area contributed by atoms with Gasteiger partial charge in [0.25, 0.3) is 0 Å². The molecule has 7 heteroatoms. The summed E-state index contributed by atoms with van der Waals surface area (Å²) in [5, 5.41) is 2.98. The van der Waals surface area contributed by atoms with Gasteiger partial charge in [-0.15, -0.1) is 0 Å². The number of nitrogens with zero attached hydrogens (tertiary/aromatic N) is 3. The van der Waals surface area contributed by atoms with Crippen molar-refractivity contribution in [3.8, 4) is 0 Å². The van der Waals surface area contributed by atoms with E-state index in [2.05, 4.69) is 15.3 Å². The topological polar surface area (TPSA) is 67.4 Å². The molecule has 3 rings (SSSR count). The Kier molecular flexibility index (Phi) is 5.00. The van der Waals surface area contributed by atoms with Crippen LogP contribution in [0.15, 0.2) is 36.7 Å². The molecule has 0 aliphatic carbocycles. The quantitative estimate of drug-likeness (QED) is 0.926. The summed E-state index contributed by atoms with van der Waals surface area (Å²) in [7, 11) is 1.76. The van der Waals surface area contributed by atoms with Crippen LogP contribution in [-0.4, -0.2) is 47.5 Å². The molecule has 0 spiro atoms. The maximum absolute atomic E-state index is 13.7. The van der Waals surface area contributed by atoms with Crippen LogP contribution in [0, 0.1) is 5.82 Å². The molecule has 2 heterocycles. The van der Waals surface area contributed by atoms with E-state index in [4.69, 9.17) is 4.74 Å². The summed E-state index contributed by atoms with van der Waals surface area (Å²) in [6.45, 7) is 1.27. The van der Waals surface area contributed by atoms with Gasteiger partial charge in [0.15, 0.2) is 0 Å². The zero-order valence-corrected chi connectivity index (χ0v) is 13.4. The summed E-state index contributed by atoms with van der Waals surface area (Å²) in [5.41, 5.74) is 1.07. The summed E-state index contributed by atoms with van der Waals surface area (Å²) in [6.07, 6.45) is 2.89. The minimum atomic E-state index is -0.359. The molecule has 126 valence electrons. The highest BCUT2D eigenvalue weighted by atomic mass is 19.1. The molecule has 1 aliphatic heterocycles. The van der Waals surface area contributed by atoms with Crippen LogP contribution in [0.4, 0.5) is 10.2 Å². The van der Waals surface area contributed by atoms with Crippen molar-refractivity contribution >= 4 is 11.7 Å². The predicted molar refractivity (Wildman–Crippen MR) is 87.0 cm³/mol. The van der Waals surface area contributed by atoms with Crippen LogP contribution in [-0.2, 0) is 16.0 Å². The second kappa shape index (κ2) is 7.35. The Morgan fingerprint density at radius 3 is 2.96 bits per heavy atom. The van der Waals surface area contributed by atoms with E-state index in [0.717, 1.165) is 0 Å². The predicted octanol–water partition coefficient (Wildman–Crippen LogP) is 1.80. The van der Waals surface area contributed by atoms with E-state index >= 15 is 0 Å². The first-order valence-electron chi connectivity index (χ1n) is 7.80. The average Bonchev–Trinajstić information content (AvgIpc) is 2.63. The third-order valence-electron chi connectivity index (χ3n) is 3.99. The lowest BCUT2D eigenvalue weighted by Gasteiger charge is -2.33. The van der Waals surface area contributed by atoms with Crippen LogP contribution in [0.5, 0.6) is 0 Å². The molecular weight excluding hydrogens is 311 g/mol. The van der Waals surface area contributed by atoms with Gasteiger partial charge in [-0.3, -0.25) is 9.78 Å². The van der Waals surface area contributed by atoms with Gasteiger partial charge in [0, 0.05) is 26.0 Å². The molecule has 1 N–H and O–H groups in total. The second-order valence-corrected chi connectivity index (χ2v) is 5.51. The van der Waals surface area contributed by atoms with Crippen molar-refractivity contribution in [3.63, 3.8) is 0 Å². The lowest BCUT2D eigenvalue weighted by atomic mass is 10.1. The van der Waals surface area contributed by atoms with Crippen molar-refractivity contribution in [1.82, 2.24) is 14.9 Å². The number of halogens is 1. The fourth-order valence-electron chi connectivity index (χ4n) is 2.73. The summed E-state index contributed by atoms with van der Waals surface area (Å²) in [5.74, 6) is 0.149. The normalized spacial score (nSPS) is 17.6. The van der Waals surface area contributed by atoms with Crippen LogP contribution in [0.1, 0.15) is 17.4 Å². The SMILES string of the molecule is CNc1nccnc1C1CN(C(=O)Cc2ccccc2F)CCO1. The van der Waals surface area contributed by atoms with Gasteiger partial charge in [-0.25, -0.2) is 9.37 Å². The maximum atomic E-state index is 13.7. The number of nitrogens with one attached hydrogen (secondary N) is 1. The molecule has 1 atom stereocenters. The minimum Gasteiger partial charge on any atom is -0.372 e. The van der Waals surface area contributed by atoms with Gasteiger partial charge in [-0.05, 0) is 11.6 Å². The van der Waals surface area contributed by atoms with Gasteiger partial charge in [-0.1, -0.05) is 18.2 Å². The first-order valence-corrected chi connectivity index (χ1v) is 7.80. The van der Waals surface area contributed by atoms with Gasteiger partial charge >= 0.3 is 0 Å². The van der Waals surface area contributed by atoms with Crippen LogP contribution in [0.2, 0.25) is 0 Å². The van der Waals surface area contributed by atoms with Crippen LogP contribution in [0.3, 0.4) is 0 Å². The minimum absolute atomic E-state index is 0.0404. The molecule has 0 saturated carbocycles. The fourth-order valence-corrected chi connectivity index (χ4v) is 2.73. The Morgan fingerprint density at radius 1 is 1.38 bits per heavy atom. The van der Waals surface area contributed by atoms with Gasteiger partial charge in [-0.2, -0.15) is 0 Å². The van der Waals surface area contributed by atoms with E-state index < -0.39 is 0 Å². The fraction of sp³-hybridized carbons (Fsp3) is 0.353. The van der Waals surface area contributed by atoms with E-state index in [1.54, 1.807) is 42.5 Å². The summed E-state index contributed by atoms with van der Waals surface area (Å²) in [4.78, 5) is 22.7. The van der Waals surface area contributed by atoms with Crippen LogP contribution in [0.25, 0.3) is 0 Å². The highest BCUT2D eigenvalue weighted by molar-refractivity contribution is 5.79. The molecule has 1 aromatic heterocycles. The highest BCUT2D eigenvalue weighted by Crippen LogP contribution is 2.25. The first-order chi connectivity index (χ1) is 11.7. The second-order valence-electron chi connectivity index (χ2n) is 5.51. The van der Waals surface area contributed by atoms with E-state index in [1.165, 1.54) is 6.07 Å². The van der Waals surface area contributed by atoms with Gasteiger partial charge < -0.3 is 15.0 Å². The first kappa shape index (κ1) is 16.3. The zero-order chi connectivity index (χ0) is 16.9. The number of ether oxygens (including phenoxy) is 1. The van der Waals surface area contributed by atoms with Crippen molar-refractivity contribution in [1.29, 1.82) is 0 Å². The molecule has 1 fully saturated rings. The third kappa shape index (κ3) is 3.51. The number of carbonyl (C=O) groups is 1. The van der Waals surface area contributed by atoms with Crippen molar-refractivity contribution < 1.29 is 13.9 Å². The van der Waals surface area contributed by atoms with Crippen molar-refractivity contribution in [3.05, 3.63) is 53.7 Å². The van der Waals surface area contributed by atoms with Crippen LogP contribution >= 0.6 is 0 Å². The molecular formula is C17H19FN4O2. The summed E-state index contributed by atoms with van der Waals surface area (Å²) < 4.78 is 19.5. The number of hydrogen-bond acceptors (Lipinski definition) is 5. The summed E-state index contributed by atoms with van der Waals surface area (Å²) >= 11 is 0.